The number of amides is 1. The zero-order chi connectivity index (χ0) is 32.7. The van der Waals surface area contributed by atoms with Crippen molar-refractivity contribution < 1.29 is 9.53 Å². The molecule has 4 aliphatic rings. The number of alkyl halides is 2. The van der Waals surface area contributed by atoms with Gasteiger partial charge in [0.05, 0.1) is 6.61 Å². The van der Waals surface area contributed by atoms with Gasteiger partial charge < -0.3 is 14.5 Å². The molecule has 246 valence electrons. The van der Waals surface area contributed by atoms with E-state index in [0.29, 0.717) is 29.4 Å². The highest BCUT2D eigenvalue weighted by Crippen LogP contribution is 2.45. The second-order valence-electron chi connectivity index (χ2n) is 12.7. The van der Waals surface area contributed by atoms with Crippen LogP contribution in [-0.4, -0.2) is 65.4 Å². The van der Waals surface area contributed by atoms with Crippen molar-refractivity contribution in [1.82, 2.24) is 9.80 Å². The predicted molar refractivity (Wildman–Crippen MR) is 200 cm³/mol. The molecule has 0 radical (unpaired) electrons. The third-order valence-corrected chi connectivity index (χ3v) is 11.8. The minimum absolute atomic E-state index is 0.0722. The number of hydrogen-bond acceptors (Lipinski definition) is 3. The Morgan fingerprint density at radius 2 is 1.17 bits per heavy atom. The molecule has 0 bridgehead atoms. The van der Waals surface area contributed by atoms with E-state index in [9.17, 15) is 4.79 Å². The average Bonchev–Trinajstić information content (AvgIpc) is 3.07. The summed E-state index contributed by atoms with van der Waals surface area (Å²) in [6.07, 6.45) is 19.8. The number of benzene rings is 2. The fourth-order valence-electron chi connectivity index (χ4n) is 7.21. The lowest BCUT2D eigenvalue weighted by molar-refractivity contribution is 0.0906. The summed E-state index contributed by atoms with van der Waals surface area (Å²) in [5.74, 6) is 0. The molecule has 2 aromatic carbocycles. The van der Waals surface area contributed by atoms with Gasteiger partial charge in [0, 0.05) is 43.6 Å². The number of carbonyl (C=O) groups excluding carboxylic acids is 1. The van der Waals surface area contributed by atoms with E-state index < -0.39 is 0 Å². The molecule has 2 atom stereocenters. The zero-order valence-corrected chi connectivity index (χ0v) is 31.4. The molecule has 2 aromatic rings. The first-order valence-corrected chi connectivity index (χ1v) is 18.9. The number of carbonyl (C=O) groups is 1. The summed E-state index contributed by atoms with van der Waals surface area (Å²) in [6.45, 7) is 5.94. The van der Waals surface area contributed by atoms with E-state index in [1.807, 2.05) is 36.1 Å². The molecule has 46 heavy (non-hydrogen) atoms. The summed E-state index contributed by atoms with van der Waals surface area (Å²) < 4.78 is 5.17. The van der Waals surface area contributed by atoms with Crippen molar-refractivity contribution in [3.63, 3.8) is 0 Å². The molecule has 2 aliphatic heterocycles. The Kier molecular flexibility index (Phi) is 12.4. The SMILES string of the molecule is CCOC(=O)N1CCC(C2=CCC(Br)C=C2)(c2ccc(Cl)cc2)CC1.CN1CCC(C2=CCC(Br)C=C2)(c2ccc(Cl)cc2)CC1. The van der Waals surface area contributed by atoms with E-state index in [2.05, 4.69) is 105 Å². The number of nitrogens with zero attached hydrogens (tertiary/aromatic N) is 2. The van der Waals surface area contributed by atoms with E-state index in [1.54, 1.807) is 0 Å². The van der Waals surface area contributed by atoms with Gasteiger partial charge in [-0.1, -0.05) is 116 Å². The largest absolute Gasteiger partial charge is 0.450 e. The summed E-state index contributed by atoms with van der Waals surface area (Å²) in [7, 11) is 2.21. The second-order valence-corrected chi connectivity index (χ2v) is 15.9. The van der Waals surface area contributed by atoms with Crippen molar-refractivity contribution in [2.24, 2.45) is 0 Å². The van der Waals surface area contributed by atoms with Crippen LogP contribution in [0.15, 0.2) is 96.1 Å². The van der Waals surface area contributed by atoms with Gasteiger partial charge in [0.1, 0.15) is 0 Å². The highest BCUT2D eigenvalue weighted by Gasteiger charge is 2.41. The van der Waals surface area contributed by atoms with Crippen molar-refractivity contribution in [2.45, 2.75) is 65.9 Å². The first-order chi connectivity index (χ1) is 22.1. The Morgan fingerprint density at radius 3 is 1.54 bits per heavy atom. The monoisotopic (exact) mass is 788 g/mol. The van der Waals surface area contributed by atoms with Crippen molar-refractivity contribution in [2.75, 3.05) is 39.8 Å². The highest BCUT2D eigenvalue weighted by molar-refractivity contribution is 9.09. The predicted octanol–water partition coefficient (Wildman–Crippen LogP) is 10.4. The summed E-state index contributed by atoms with van der Waals surface area (Å²) >= 11 is 19.5. The summed E-state index contributed by atoms with van der Waals surface area (Å²) in [6, 6.07) is 16.6. The number of likely N-dealkylation sites (tertiary alicyclic amines) is 2. The topological polar surface area (TPSA) is 32.8 Å². The molecule has 0 aromatic heterocycles. The van der Waals surface area contributed by atoms with Crippen LogP contribution >= 0.6 is 55.1 Å². The van der Waals surface area contributed by atoms with Gasteiger partial charge in [-0.15, -0.1) is 0 Å². The van der Waals surface area contributed by atoms with Gasteiger partial charge in [-0.3, -0.25) is 0 Å². The van der Waals surface area contributed by atoms with Gasteiger partial charge in [-0.2, -0.15) is 0 Å². The highest BCUT2D eigenvalue weighted by atomic mass is 79.9. The van der Waals surface area contributed by atoms with Gasteiger partial charge >= 0.3 is 6.09 Å². The minimum Gasteiger partial charge on any atom is -0.450 e. The first kappa shape index (κ1) is 35.5. The number of rotatable bonds is 5. The average molecular weight is 791 g/mol. The van der Waals surface area contributed by atoms with Crippen LogP contribution in [0.5, 0.6) is 0 Å². The minimum atomic E-state index is -0.208. The molecular weight excluding hydrogens is 747 g/mol. The van der Waals surface area contributed by atoms with Gasteiger partial charge in [0.25, 0.3) is 0 Å². The Labute approximate surface area is 301 Å². The molecule has 0 N–H and O–H groups in total. The molecule has 2 fully saturated rings. The zero-order valence-electron chi connectivity index (χ0n) is 26.7. The normalized spacial score (nSPS) is 23.9. The lowest BCUT2D eigenvalue weighted by Crippen LogP contribution is -2.46. The maximum atomic E-state index is 12.1. The summed E-state index contributed by atoms with van der Waals surface area (Å²) in [5.41, 5.74) is 5.58. The van der Waals surface area contributed by atoms with Crippen molar-refractivity contribution >= 4 is 61.2 Å². The fourth-order valence-corrected chi connectivity index (χ4v) is 8.14. The van der Waals surface area contributed by atoms with Crippen LogP contribution in [0, 0.1) is 0 Å². The second kappa shape index (κ2) is 16.0. The van der Waals surface area contributed by atoms with Crippen LogP contribution in [0.25, 0.3) is 0 Å². The number of halogens is 4. The quantitative estimate of drug-likeness (QED) is 0.283. The fraction of sp³-hybridized carbons (Fsp3) is 0.447. The molecule has 2 aliphatic carbocycles. The molecular formula is C38H44Br2Cl2N2O2. The number of ether oxygens (including phenoxy) is 1. The number of piperidine rings is 2. The Balaban J connectivity index is 0.000000184. The standard InChI is InChI=1S/C20H23BrClNO2.C18H21BrClN/c1-2-25-19(24)23-13-11-20(12-14-23,15-3-7-17(21)8-4-15)16-5-9-18(22)10-6-16;1-21-12-10-18(11-13-21,14-2-6-16(19)7-3-14)15-4-8-17(20)9-5-15/h3-7,9-10,17H,2,8,11-14H2,1H3;2-6,8-9,16H,7,10-13H2,1H3. The Morgan fingerprint density at radius 1 is 0.761 bits per heavy atom. The van der Waals surface area contributed by atoms with Crippen LogP contribution in [0.2, 0.25) is 10.0 Å². The van der Waals surface area contributed by atoms with E-state index in [0.717, 1.165) is 48.8 Å². The maximum absolute atomic E-state index is 12.1. The Hall–Kier alpha value is -1.83. The smallest absolute Gasteiger partial charge is 0.409 e. The first-order valence-electron chi connectivity index (χ1n) is 16.3. The maximum Gasteiger partial charge on any atom is 0.409 e. The molecule has 2 unspecified atom stereocenters. The van der Waals surface area contributed by atoms with Crippen LogP contribution < -0.4 is 0 Å². The summed E-state index contributed by atoms with van der Waals surface area (Å²) in [5, 5.41) is 1.56. The molecule has 0 spiro atoms. The third kappa shape index (κ3) is 8.23. The van der Waals surface area contributed by atoms with Gasteiger partial charge in [0.2, 0.25) is 0 Å². The van der Waals surface area contributed by atoms with Crippen molar-refractivity contribution in [3.8, 4) is 0 Å². The molecule has 2 saturated heterocycles. The molecule has 2 heterocycles. The molecule has 0 saturated carbocycles. The summed E-state index contributed by atoms with van der Waals surface area (Å²) in [4.78, 5) is 17.2. The molecule has 8 heteroatoms. The number of allylic oxidation sites excluding steroid dienone is 8. The lowest BCUT2D eigenvalue weighted by Gasteiger charge is -2.43. The molecule has 4 nitrogen and oxygen atoms in total. The van der Waals surface area contributed by atoms with E-state index in [-0.39, 0.29) is 16.9 Å². The molecule has 1 amide bonds. The number of hydrogen-bond donors (Lipinski definition) is 0. The van der Waals surface area contributed by atoms with Crippen LogP contribution in [-0.2, 0) is 15.6 Å². The van der Waals surface area contributed by atoms with Crippen molar-refractivity contribution in [1.29, 1.82) is 0 Å². The van der Waals surface area contributed by atoms with E-state index >= 15 is 0 Å². The van der Waals surface area contributed by atoms with Gasteiger partial charge in [0.15, 0.2) is 0 Å². The Bertz CT molecular complexity index is 1450. The third-order valence-electron chi connectivity index (χ3n) is 9.98. The van der Waals surface area contributed by atoms with Crippen LogP contribution in [0.3, 0.4) is 0 Å². The van der Waals surface area contributed by atoms with E-state index in [4.69, 9.17) is 27.9 Å². The van der Waals surface area contributed by atoms with E-state index in [1.165, 1.54) is 35.1 Å². The van der Waals surface area contributed by atoms with Crippen LogP contribution in [0.1, 0.15) is 56.6 Å². The van der Waals surface area contributed by atoms with Gasteiger partial charge in [-0.25, -0.2) is 4.79 Å². The van der Waals surface area contributed by atoms with Gasteiger partial charge in [-0.05, 0) is 112 Å². The van der Waals surface area contributed by atoms with Crippen molar-refractivity contribution in [3.05, 3.63) is 117 Å². The lowest BCUT2D eigenvalue weighted by atomic mass is 9.66. The van der Waals surface area contributed by atoms with Crippen LogP contribution in [0.4, 0.5) is 4.79 Å². The molecule has 6 rings (SSSR count).